The summed E-state index contributed by atoms with van der Waals surface area (Å²) in [4.78, 5) is 40.0. The van der Waals surface area contributed by atoms with Crippen molar-refractivity contribution in [3.63, 3.8) is 0 Å². The summed E-state index contributed by atoms with van der Waals surface area (Å²) in [5, 5.41) is 13.8. The minimum absolute atomic E-state index is 0.334. The van der Waals surface area contributed by atoms with Gasteiger partial charge in [-0.3, -0.25) is 19.4 Å². The average Bonchev–Trinajstić information content (AvgIpc) is 2.80. The molecular weight excluding hydrogens is 406 g/mol. The zero-order chi connectivity index (χ0) is 22.7. The molecule has 1 amide bonds. The Bertz CT molecular complexity index is 1390. The van der Waals surface area contributed by atoms with Gasteiger partial charge in [0.25, 0.3) is 11.5 Å². The highest BCUT2D eigenvalue weighted by Crippen LogP contribution is 2.30. The molecular formula is C25H21N3O4. The maximum atomic E-state index is 12.8. The Morgan fingerprint density at radius 3 is 2.62 bits per heavy atom. The highest BCUT2D eigenvalue weighted by Gasteiger charge is 2.12. The van der Waals surface area contributed by atoms with Crippen molar-refractivity contribution in [1.82, 2.24) is 9.55 Å². The Morgan fingerprint density at radius 1 is 1.03 bits per heavy atom. The Kier molecular flexibility index (Phi) is 5.81. The van der Waals surface area contributed by atoms with Gasteiger partial charge in [-0.25, -0.2) is 0 Å². The summed E-state index contributed by atoms with van der Waals surface area (Å²) in [6, 6.07) is 16.0. The van der Waals surface area contributed by atoms with E-state index in [0.29, 0.717) is 11.3 Å². The number of rotatable bonds is 6. The third kappa shape index (κ3) is 4.27. The number of nitrogens with zero attached hydrogens (tertiary/aromatic N) is 2. The maximum Gasteiger partial charge on any atom is 0.323 e. The van der Waals surface area contributed by atoms with Gasteiger partial charge in [0.05, 0.1) is 5.69 Å². The molecule has 0 saturated carbocycles. The van der Waals surface area contributed by atoms with Gasteiger partial charge in [0.2, 0.25) is 0 Å². The zero-order valence-corrected chi connectivity index (χ0v) is 17.4. The fraction of sp³-hybridized carbons (Fsp3) is 0.120. The highest BCUT2D eigenvalue weighted by atomic mass is 16.4. The molecule has 0 aliphatic heterocycles. The standard InChI is InChI=1S/C25H21N3O4/c1-2-16-5-4-8-20-21(16)12-26-13-22(20)17-6-3-7-18(11-17)25(32)27-19-9-10-23(29)28(14-19)15-24(30)31/h3-14H,2,15H2,1H3,(H,27,32)(H,30,31). The quantitative estimate of drug-likeness (QED) is 0.485. The maximum absolute atomic E-state index is 12.8. The van der Waals surface area contributed by atoms with Crippen LogP contribution in [0.1, 0.15) is 22.8 Å². The van der Waals surface area contributed by atoms with E-state index in [1.807, 2.05) is 24.4 Å². The number of carbonyl (C=O) groups is 2. The third-order valence-corrected chi connectivity index (χ3v) is 5.26. The van der Waals surface area contributed by atoms with E-state index in [1.54, 1.807) is 24.4 Å². The molecule has 0 aliphatic rings. The van der Waals surface area contributed by atoms with Gasteiger partial charge in [-0.2, -0.15) is 0 Å². The van der Waals surface area contributed by atoms with E-state index in [0.717, 1.165) is 32.9 Å². The zero-order valence-electron chi connectivity index (χ0n) is 17.4. The number of carboxylic acid groups (broad SMARTS) is 1. The summed E-state index contributed by atoms with van der Waals surface area (Å²) in [5.41, 5.74) is 3.31. The molecule has 0 spiro atoms. The van der Waals surface area contributed by atoms with Crippen LogP contribution in [-0.4, -0.2) is 26.5 Å². The molecule has 0 bridgehead atoms. The van der Waals surface area contributed by atoms with E-state index < -0.39 is 18.1 Å². The third-order valence-electron chi connectivity index (χ3n) is 5.26. The molecule has 0 unspecified atom stereocenters. The Labute approximate surface area is 184 Å². The monoisotopic (exact) mass is 427 g/mol. The molecule has 160 valence electrons. The smallest absolute Gasteiger partial charge is 0.323 e. The van der Waals surface area contributed by atoms with Gasteiger partial charge in [0, 0.05) is 41.2 Å². The van der Waals surface area contributed by atoms with E-state index in [9.17, 15) is 14.4 Å². The second-order valence-corrected chi connectivity index (χ2v) is 7.37. The van der Waals surface area contributed by atoms with Crippen molar-refractivity contribution in [2.75, 3.05) is 5.32 Å². The van der Waals surface area contributed by atoms with Crippen LogP contribution in [0, 0.1) is 0 Å². The topological polar surface area (TPSA) is 101 Å². The van der Waals surface area contributed by atoms with Crippen LogP contribution in [0.4, 0.5) is 5.69 Å². The molecule has 0 saturated heterocycles. The van der Waals surface area contributed by atoms with E-state index in [1.165, 1.54) is 23.9 Å². The fourth-order valence-corrected chi connectivity index (χ4v) is 3.70. The number of carboxylic acids is 1. The van der Waals surface area contributed by atoms with Gasteiger partial charge in [0.15, 0.2) is 0 Å². The number of hydrogen-bond donors (Lipinski definition) is 2. The lowest BCUT2D eigenvalue weighted by atomic mass is 9.96. The van der Waals surface area contributed by atoms with Gasteiger partial charge in [-0.15, -0.1) is 0 Å². The Morgan fingerprint density at radius 2 is 1.84 bits per heavy atom. The van der Waals surface area contributed by atoms with Gasteiger partial charge in [-0.05, 0) is 41.1 Å². The molecule has 2 aromatic heterocycles. The van der Waals surface area contributed by atoms with E-state index in [2.05, 4.69) is 23.3 Å². The largest absolute Gasteiger partial charge is 0.480 e. The summed E-state index contributed by atoms with van der Waals surface area (Å²) in [6.07, 6.45) is 5.87. The average molecular weight is 427 g/mol. The van der Waals surface area contributed by atoms with Crippen LogP contribution < -0.4 is 10.9 Å². The van der Waals surface area contributed by atoms with E-state index in [-0.39, 0.29) is 5.91 Å². The summed E-state index contributed by atoms with van der Waals surface area (Å²) in [7, 11) is 0. The lowest BCUT2D eigenvalue weighted by Gasteiger charge is -2.11. The van der Waals surface area contributed by atoms with Gasteiger partial charge in [-0.1, -0.05) is 37.3 Å². The summed E-state index contributed by atoms with van der Waals surface area (Å²) < 4.78 is 1.03. The lowest BCUT2D eigenvalue weighted by Crippen LogP contribution is -2.24. The Balaban J connectivity index is 1.66. The predicted molar refractivity (Wildman–Crippen MR) is 123 cm³/mol. The van der Waals surface area contributed by atoms with Crippen molar-refractivity contribution in [3.8, 4) is 11.1 Å². The van der Waals surface area contributed by atoms with Crippen molar-refractivity contribution in [1.29, 1.82) is 0 Å². The number of pyridine rings is 2. The van der Waals surface area contributed by atoms with Crippen LogP contribution in [0.3, 0.4) is 0 Å². The lowest BCUT2D eigenvalue weighted by molar-refractivity contribution is -0.137. The minimum atomic E-state index is -1.14. The molecule has 0 fully saturated rings. The molecule has 2 N–H and O–H groups in total. The number of aliphatic carboxylic acids is 1. The number of anilines is 1. The van der Waals surface area contributed by atoms with Gasteiger partial charge < -0.3 is 15.0 Å². The number of benzene rings is 2. The fourth-order valence-electron chi connectivity index (χ4n) is 3.70. The molecule has 4 rings (SSSR count). The molecule has 2 aromatic carbocycles. The van der Waals surface area contributed by atoms with Crippen molar-refractivity contribution in [2.45, 2.75) is 19.9 Å². The number of carbonyl (C=O) groups excluding carboxylic acids is 1. The van der Waals surface area contributed by atoms with Gasteiger partial charge >= 0.3 is 5.97 Å². The van der Waals surface area contributed by atoms with E-state index >= 15 is 0 Å². The van der Waals surface area contributed by atoms with Crippen molar-refractivity contribution in [2.24, 2.45) is 0 Å². The second-order valence-electron chi connectivity index (χ2n) is 7.37. The molecule has 7 heteroatoms. The van der Waals surface area contributed by atoms with Crippen LogP contribution in [0.5, 0.6) is 0 Å². The SMILES string of the molecule is CCc1cccc2c(-c3cccc(C(=O)Nc4ccc(=O)n(CC(=O)O)c4)c3)cncc12. The van der Waals surface area contributed by atoms with Gasteiger partial charge in [0.1, 0.15) is 6.54 Å². The first kappa shape index (κ1) is 21.0. The van der Waals surface area contributed by atoms with E-state index in [4.69, 9.17) is 5.11 Å². The predicted octanol–water partition coefficient (Wildman–Crippen LogP) is 3.96. The van der Waals surface area contributed by atoms with Crippen molar-refractivity contribution >= 4 is 28.3 Å². The van der Waals surface area contributed by atoms with Crippen LogP contribution in [0.25, 0.3) is 21.9 Å². The number of aryl methyl sites for hydroxylation is 1. The van der Waals surface area contributed by atoms with Crippen LogP contribution in [-0.2, 0) is 17.8 Å². The summed E-state index contributed by atoms with van der Waals surface area (Å²) in [6.45, 7) is 1.62. The summed E-state index contributed by atoms with van der Waals surface area (Å²) >= 11 is 0. The molecule has 4 aromatic rings. The molecule has 2 heterocycles. The number of amides is 1. The normalized spacial score (nSPS) is 10.8. The molecule has 0 aliphatic carbocycles. The molecule has 0 atom stereocenters. The number of nitrogens with one attached hydrogen (secondary N) is 1. The van der Waals surface area contributed by atoms with Crippen LogP contribution >= 0.6 is 0 Å². The molecule has 0 radical (unpaired) electrons. The Hall–Kier alpha value is -4.26. The number of fused-ring (bicyclic) bond motifs is 1. The van der Waals surface area contributed by atoms with Crippen LogP contribution in [0.2, 0.25) is 0 Å². The highest BCUT2D eigenvalue weighted by molar-refractivity contribution is 6.06. The van der Waals surface area contributed by atoms with Crippen LogP contribution in [0.15, 0.2) is 78.0 Å². The summed E-state index contributed by atoms with van der Waals surface area (Å²) in [5.74, 6) is -1.51. The first-order chi connectivity index (χ1) is 15.5. The minimum Gasteiger partial charge on any atom is -0.480 e. The van der Waals surface area contributed by atoms with Crippen molar-refractivity contribution < 1.29 is 14.7 Å². The first-order valence-corrected chi connectivity index (χ1v) is 10.2. The molecule has 7 nitrogen and oxygen atoms in total. The number of hydrogen-bond acceptors (Lipinski definition) is 4. The number of aromatic nitrogens is 2. The first-order valence-electron chi connectivity index (χ1n) is 10.2. The van der Waals surface area contributed by atoms with Crippen molar-refractivity contribution in [3.05, 3.63) is 94.7 Å². The second kappa shape index (κ2) is 8.85. The molecule has 32 heavy (non-hydrogen) atoms.